The number of thiazole rings is 2. The van der Waals surface area contributed by atoms with Crippen molar-refractivity contribution in [2.45, 2.75) is 12.7 Å². The molecule has 0 aliphatic carbocycles. The number of carbonyl (C=O) groups is 1. The van der Waals surface area contributed by atoms with E-state index in [0.717, 1.165) is 27.0 Å². The van der Waals surface area contributed by atoms with E-state index >= 15 is 0 Å². The molecule has 0 fully saturated rings. The van der Waals surface area contributed by atoms with Crippen molar-refractivity contribution in [2.24, 2.45) is 0 Å². The summed E-state index contributed by atoms with van der Waals surface area (Å²) in [5.74, 6) is -1.17. The third kappa shape index (κ3) is 9.41. The third-order valence-corrected chi connectivity index (χ3v) is 9.32. The number of aromatic nitrogens is 2. The van der Waals surface area contributed by atoms with Crippen molar-refractivity contribution in [1.82, 2.24) is 9.97 Å². The minimum atomic E-state index is -4.82. The fourth-order valence-corrected chi connectivity index (χ4v) is 7.00. The molecule has 0 bridgehead atoms. The van der Waals surface area contributed by atoms with Gasteiger partial charge in [-0.15, -0.1) is 26.3 Å². The Hall–Kier alpha value is -5.09. The van der Waals surface area contributed by atoms with Crippen LogP contribution in [0.1, 0.15) is 10.4 Å². The molecule has 0 unspecified atom stereocenters. The lowest BCUT2D eigenvalue weighted by atomic mass is 10.2. The van der Waals surface area contributed by atoms with Gasteiger partial charge in [-0.3, -0.25) is 9.69 Å². The molecule has 2 aromatic heterocycles. The molecule has 1 N–H and O–H groups in total. The van der Waals surface area contributed by atoms with Crippen LogP contribution >= 0.6 is 45.9 Å². The molecule has 7 rings (SSSR count). The second kappa shape index (κ2) is 15.3. The Balaban J connectivity index is 0.000000192. The molecule has 0 atom stereocenters. The van der Waals surface area contributed by atoms with Crippen LogP contribution in [0.5, 0.6) is 11.5 Å². The van der Waals surface area contributed by atoms with E-state index in [0.29, 0.717) is 32.2 Å². The summed E-state index contributed by atoms with van der Waals surface area (Å²) in [5.41, 5.74) is 2.66. The topological polar surface area (TPSA) is 76.6 Å². The Kier molecular flexibility index (Phi) is 10.8. The molecule has 0 aliphatic rings. The van der Waals surface area contributed by atoms with Gasteiger partial charge in [0, 0.05) is 10.7 Å². The van der Waals surface area contributed by atoms with Crippen LogP contribution in [0.25, 0.3) is 20.4 Å². The van der Waals surface area contributed by atoms with Crippen molar-refractivity contribution < 1.29 is 40.6 Å². The van der Waals surface area contributed by atoms with E-state index < -0.39 is 24.4 Å². The monoisotopic (exact) mass is 792 g/mol. The molecule has 5 aromatic carbocycles. The van der Waals surface area contributed by atoms with Crippen LogP contribution in [-0.4, -0.2) is 28.6 Å². The molecule has 1 amide bonds. The number of para-hydroxylation sites is 2. The number of anilines is 4. The molecule has 0 aliphatic heterocycles. The van der Waals surface area contributed by atoms with Gasteiger partial charge < -0.3 is 14.8 Å². The fraction of sp³-hybridized carbons (Fsp3) is 0.0571. The molecule has 17 heteroatoms. The molecular weight excluding hydrogens is 773 g/mol. The van der Waals surface area contributed by atoms with Gasteiger partial charge in [-0.2, -0.15) is 0 Å². The van der Waals surface area contributed by atoms with Crippen LogP contribution in [0.4, 0.5) is 48.0 Å². The Morgan fingerprint density at radius 3 is 1.75 bits per heavy atom. The lowest BCUT2D eigenvalue weighted by Crippen LogP contribution is -2.26. The number of ether oxygens (including phenoxy) is 2. The Morgan fingerprint density at radius 1 is 0.673 bits per heavy atom. The predicted octanol–water partition coefficient (Wildman–Crippen LogP) is 12.4. The first-order valence-electron chi connectivity index (χ1n) is 14.7. The van der Waals surface area contributed by atoms with Crippen LogP contribution in [0.2, 0.25) is 10.0 Å². The smallest absolute Gasteiger partial charge is 0.406 e. The maximum absolute atomic E-state index is 13.4. The van der Waals surface area contributed by atoms with Gasteiger partial charge in [-0.25, -0.2) is 9.97 Å². The zero-order valence-corrected chi connectivity index (χ0v) is 29.0. The lowest BCUT2D eigenvalue weighted by molar-refractivity contribution is -0.275. The number of hydrogen-bond acceptors (Lipinski definition) is 8. The first-order valence-corrected chi connectivity index (χ1v) is 17.1. The van der Waals surface area contributed by atoms with Crippen molar-refractivity contribution in [3.8, 4) is 11.5 Å². The number of nitrogens with one attached hydrogen (secondary N) is 1. The highest BCUT2D eigenvalue weighted by Crippen LogP contribution is 2.37. The number of nitrogens with zero attached hydrogens (tertiary/aromatic N) is 3. The zero-order valence-electron chi connectivity index (χ0n) is 25.9. The van der Waals surface area contributed by atoms with Crippen molar-refractivity contribution >= 4 is 93.9 Å². The van der Waals surface area contributed by atoms with Crippen LogP contribution in [0.3, 0.4) is 0 Å². The van der Waals surface area contributed by atoms with Gasteiger partial charge in [0.05, 0.1) is 36.7 Å². The van der Waals surface area contributed by atoms with Crippen LogP contribution in [0.15, 0.2) is 115 Å². The number of hydrogen-bond donors (Lipinski definition) is 1. The Bertz CT molecular complexity index is 2270. The largest absolute Gasteiger partial charge is 0.573 e. The number of amides is 1. The summed E-state index contributed by atoms with van der Waals surface area (Å²) in [6.45, 7) is 0. The third-order valence-electron chi connectivity index (χ3n) is 6.80. The highest BCUT2D eigenvalue weighted by atomic mass is 35.5. The summed E-state index contributed by atoms with van der Waals surface area (Å²) >= 11 is 14.9. The summed E-state index contributed by atoms with van der Waals surface area (Å²) in [7, 11) is 0. The van der Waals surface area contributed by atoms with Crippen molar-refractivity contribution in [2.75, 3.05) is 10.2 Å². The second-order valence-electron chi connectivity index (χ2n) is 10.5. The fourth-order valence-electron chi connectivity index (χ4n) is 4.64. The number of fused-ring (bicyclic) bond motifs is 2. The highest BCUT2D eigenvalue weighted by Gasteiger charge is 2.32. The SMILES string of the molecule is FC(F)(F)Oc1ccc(Nc2nc3ccccc3s2)cc1.O=C(c1ccc(Cl)cc1Cl)N(c1ccc(OC(F)(F)F)cc1)c1nc2ccccc2s1. The van der Waals surface area contributed by atoms with Crippen LogP contribution in [0, 0.1) is 0 Å². The molecule has 0 radical (unpaired) electrons. The minimum Gasteiger partial charge on any atom is -0.406 e. The van der Waals surface area contributed by atoms with Crippen molar-refractivity contribution in [1.29, 1.82) is 0 Å². The van der Waals surface area contributed by atoms with Crippen molar-refractivity contribution in [3.05, 3.63) is 131 Å². The minimum absolute atomic E-state index is 0.139. The van der Waals surface area contributed by atoms with E-state index in [1.54, 1.807) is 6.07 Å². The van der Waals surface area contributed by atoms with E-state index in [1.165, 1.54) is 82.2 Å². The van der Waals surface area contributed by atoms with E-state index in [-0.39, 0.29) is 16.3 Å². The van der Waals surface area contributed by atoms with Crippen LogP contribution < -0.4 is 19.7 Å². The molecular formula is C35H20Cl2F6N4O3S2. The molecule has 266 valence electrons. The molecule has 7 nitrogen and oxygen atoms in total. The van der Waals surface area contributed by atoms with Gasteiger partial charge in [0.15, 0.2) is 10.3 Å². The number of alkyl halides is 6. The van der Waals surface area contributed by atoms with Gasteiger partial charge in [-0.05, 0) is 91.0 Å². The quantitative estimate of drug-likeness (QED) is 0.162. The summed E-state index contributed by atoms with van der Waals surface area (Å²) in [6.07, 6.45) is -9.50. The summed E-state index contributed by atoms with van der Waals surface area (Å²) < 4.78 is 83.3. The second-order valence-corrected chi connectivity index (χ2v) is 13.3. The summed E-state index contributed by atoms with van der Waals surface area (Å²) in [6, 6.07) is 29.9. The average molecular weight is 794 g/mol. The first kappa shape index (κ1) is 36.7. The van der Waals surface area contributed by atoms with Crippen molar-refractivity contribution in [3.63, 3.8) is 0 Å². The van der Waals surface area contributed by atoms with E-state index in [1.807, 2.05) is 42.5 Å². The number of rotatable bonds is 7. The number of benzene rings is 5. The van der Waals surface area contributed by atoms with Gasteiger partial charge in [0.25, 0.3) is 5.91 Å². The van der Waals surface area contributed by atoms with Gasteiger partial charge >= 0.3 is 12.7 Å². The Morgan fingerprint density at radius 2 is 1.21 bits per heavy atom. The summed E-state index contributed by atoms with van der Waals surface area (Å²) in [4.78, 5) is 23.6. The number of carbonyl (C=O) groups excluding carboxylic acids is 1. The maximum Gasteiger partial charge on any atom is 0.573 e. The highest BCUT2D eigenvalue weighted by molar-refractivity contribution is 7.22. The average Bonchev–Trinajstić information content (AvgIpc) is 3.69. The predicted molar refractivity (Wildman–Crippen MR) is 192 cm³/mol. The first-order chi connectivity index (χ1) is 24.7. The van der Waals surface area contributed by atoms with Gasteiger partial charge in [-0.1, -0.05) is 70.1 Å². The standard InChI is InChI=1S/C21H11Cl2F3N2O2S.C14H9F3N2OS/c22-12-5-10-15(16(23)11-12)19(29)28(20-27-17-3-1-2-4-18(17)31-20)13-6-8-14(9-7-13)30-21(24,25)26;15-14(16,17)20-10-7-5-9(6-8-10)18-13-19-11-3-1-2-4-12(11)21-13/h1-11H;1-8H,(H,18,19). The molecule has 7 aromatic rings. The van der Waals surface area contributed by atoms with Crippen LogP contribution in [-0.2, 0) is 0 Å². The van der Waals surface area contributed by atoms with E-state index in [9.17, 15) is 31.1 Å². The lowest BCUT2D eigenvalue weighted by Gasteiger charge is -2.21. The molecule has 0 saturated carbocycles. The normalized spacial score (nSPS) is 11.5. The maximum atomic E-state index is 13.4. The van der Waals surface area contributed by atoms with E-state index in [2.05, 4.69) is 24.8 Å². The van der Waals surface area contributed by atoms with E-state index in [4.69, 9.17) is 23.2 Å². The molecule has 52 heavy (non-hydrogen) atoms. The molecule has 0 saturated heterocycles. The van der Waals surface area contributed by atoms with Gasteiger partial charge in [0.1, 0.15) is 11.5 Å². The molecule has 2 heterocycles. The van der Waals surface area contributed by atoms with Gasteiger partial charge in [0.2, 0.25) is 0 Å². The Labute approximate surface area is 308 Å². The summed E-state index contributed by atoms with van der Waals surface area (Å²) in [5, 5.41) is 4.57. The zero-order chi connectivity index (χ0) is 37.0. The number of halogens is 8. The molecule has 0 spiro atoms.